The summed E-state index contributed by atoms with van der Waals surface area (Å²) in [4.78, 5) is 8.10. The summed E-state index contributed by atoms with van der Waals surface area (Å²) in [5.41, 5.74) is 8.15. The van der Waals surface area contributed by atoms with E-state index in [0.717, 1.165) is 23.4 Å². The number of aliphatic hydroxyl groups excluding tert-OH is 1. The summed E-state index contributed by atoms with van der Waals surface area (Å²) in [6.07, 6.45) is 1.56. The van der Waals surface area contributed by atoms with Crippen molar-refractivity contribution in [1.29, 1.82) is 0 Å². The maximum absolute atomic E-state index is 9.95. The van der Waals surface area contributed by atoms with Crippen LogP contribution in [0.15, 0.2) is 6.33 Å². The van der Waals surface area contributed by atoms with Crippen LogP contribution in [0.5, 0.6) is 0 Å². The van der Waals surface area contributed by atoms with E-state index < -0.39 is 6.10 Å². The smallest absolute Gasteiger partial charge is 0.115 e. The maximum Gasteiger partial charge on any atom is 0.115 e. The number of nitrogens with zero attached hydrogens (tertiary/aromatic N) is 2. The van der Waals surface area contributed by atoms with Gasteiger partial charge in [-0.25, -0.2) is 9.97 Å². The molecule has 1 rings (SSSR count). The molecule has 0 spiro atoms. The SMILES string of the molecule is CCC(N)C(O)c1c(C)ncnc1C. The third kappa shape index (κ3) is 2.08. The lowest BCUT2D eigenvalue weighted by atomic mass is 9.99. The molecule has 0 amide bonds. The third-order valence-electron chi connectivity index (χ3n) is 2.46. The molecule has 3 N–H and O–H groups in total. The first-order valence-corrected chi connectivity index (χ1v) is 4.79. The van der Waals surface area contributed by atoms with Gasteiger partial charge < -0.3 is 10.8 Å². The first-order chi connectivity index (χ1) is 6.57. The van der Waals surface area contributed by atoms with Crippen molar-refractivity contribution in [2.75, 3.05) is 0 Å². The van der Waals surface area contributed by atoms with Crippen molar-refractivity contribution >= 4 is 0 Å². The third-order valence-corrected chi connectivity index (χ3v) is 2.46. The Bertz CT molecular complexity index is 294. The molecule has 1 heterocycles. The number of aliphatic hydroxyl groups is 1. The van der Waals surface area contributed by atoms with Gasteiger partial charge in [0, 0.05) is 23.0 Å². The fraction of sp³-hybridized carbons (Fsp3) is 0.600. The van der Waals surface area contributed by atoms with Gasteiger partial charge in [-0.3, -0.25) is 0 Å². The lowest BCUT2D eigenvalue weighted by molar-refractivity contribution is 0.142. The van der Waals surface area contributed by atoms with Crippen LogP contribution in [0.1, 0.15) is 36.4 Å². The zero-order valence-electron chi connectivity index (χ0n) is 8.86. The highest BCUT2D eigenvalue weighted by Gasteiger charge is 2.20. The molecule has 0 bridgehead atoms. The molecule has 1 aromatic rings. The fourth-order valence-corrected chi connectivity index (χ4v) is 1.47. The number of aryl methyl sites for hydroxylation is 2. The summed E-state index contributed by atoms with van der Waals surface area (Å²) in [5.74, 6) is 0. The molecule has 2 atom stereocenters. The van der Waals surface area contributed by atoms with Crippen molar-refractivity contribution in [3.05, 3.63) is 23.3 Å². The standard InChI is InChI=1S/C10H17N3O/c1-4-8(11)10(14)9-6(2)12-5-13-7(9)3/h5,8,10,14H,4,11H2,1-3H3. The number of nitrogens with two attached hydrogens (primary N) is 1. The summed E-state index contributed by atoms with van der Waals surface area (Å²) < 4.78 is 0. The van der Waals surface area contributed by atoms with Crippen molar-refractivity contribution in [2.24, 2.45) is 5.73 Å². The van der Waals surface area contributed by atoms with Crippen molar-refractivity contribution in [3.8, 4) is 0 Å². The Labute approximate surface area is 84.2 Å². The molecule has 4 nitrogen and oxygen atoms in total. The lowest BCUT2D eigenvalue weighted by Gasteiger charge is -2.20. The van der Waals surface area contributed by atoms with Crippen LogP contribution in [-0.4, -0.2) is 21.1 Å². The van der Waals surface area contributed by atoms with Crippen molar-refractivity contribution < 1.29 is 5.11 Å². The number of hydrogen-bond donors (Lipinski definition) is 2. The number of hydrogen-bond acceptors (Lipinski definition) is 4. The molecule has 1 aromatic heterocycles. The molecule has 2 unspecified atom stereocenters. The summed E-state index contributed by atoms with van der Waals surface area (Å²) >= 11 is 0. The van der Waals surface area contributed by atoms with E-state index in [-0.39, 0.29) is 6.04 Å². The normalized spacial score (nSPS) is 15.2. The molecule has 0 aliphatic rings. The van der Waals surface area contributed by atoms with Crippen LogP contribution in [0, 0.1) is 13.8 Å². The summed E-state index contributed by atoms with van der Waals surface area (Å²) in [7, 11) is 0. The predicted molar refractivity (Wildman–Crippen MR) is 54.7 cm³/mol. The van der Waals surface area contributed by atoms with Crippen LogP contribution >= 0.6 is 0 Å². The number of aromatic nitrogens is 2. The molecule has 0 radical (unpaired) electrons. The van der Waals surface area contributed by atoms with Crippen molar-refractivity contribution in [3.63, 3.8) is 0 Å². The minimum Gasteiger partial charge on any atom is -0.387 e. The average molecular weight is 195 g/mol. The Balaban J connectivity index is 3.05. The van der Waals surface area contributed by atoms with Crippen LogP contribution in [0.25, 0.3) is 0 Å². The predicted octanol–water partition coefficient (Wildman–Crippen LogP) is 0.864. The first-order valence-electron chi connectivity index (χ1n) is 4.79. The van der Waals surface area contributed by atoms with Gasteiger partial charge in [0.25, 0.3) is 0 Å². The van der Waals surface area contributed by atoms with Crippen LogP contribution in [0.2, 0.25) is 0 Å². The molecule has 0 aliphatic heterocycles. The number of rotatable bonds is 3. The van der Waals surface area contributed by atoms with E-state index in [1.807, 2.05) is 20.8 Å². The van der Waals surface area contributed by atoms with Crippen LogP contribution in [0.3, 0.4) is 0 Å². The van der Waals surface area contributed by atoms with Gasteiger partial charge in [-0.1, -0.05) is 6.92 Å². The minimum atomic E-state index is -0.666. The Morgan fingerprint density at radius 2 is 1.86 bits per heavy atom. The molecule has 0 fully saturated rings. The van der Waals surface area contributed by atoms with E-state index in [2.05, 4.69) is 9.97 Å². The monoisotopic (exact) mass is 195 g/mol. The molecule has 0 aromatic carbocycles. The Morgan fingerprint density at radius 3 is 2.29 bits per heavy atom. The summed E-state index contributed by atoms with van der Waals surface area (Å²) in [5, 5.41) is 9.95. The zero-order valence-corrected chi connectivity index (χ0v) is 8.86. The van der Waals surface area contributed by atoms with Gasteiger partial charge in [0.05, 0.1) is 6.10 Å². The molecular formula is C10H17N3O. The Morgan fingerprint density at radius 1 is 1.36 bits per heavy atom. The van der Waals surface area contributed by atoms with Gasteiger partial charge in [-0.2, -0.15) is 0 Å². The molecule has 0 saturated carbocycles. The average Bonchev–Trinajstić information content (AvgIpc) is 2.16. The highest BCUT2D eigenvalue weighted by atomic mass is 16.3. The second-order valence-corrected chi connectivity index (χ2v) is 3.48. The topological polar surface area (TPSA) is 72.0 Å². The van der Waals surface area contributed by atoms with E-state index in [9.17, 15) is 5.11 Å². The quantitative estimate of drug-likeness (QED) is 0.750. The molecular weight excluding hydrogens is 178 g/mol. The van der Waals surface area contributed by atoms with Crippen LogP contribution < -0.4 is 5.73 Å². The zero-order chi connectivity index (χ0) is 10.7. The lowest BCUT2D eigenvalue weighted by Crippen LogP contribution is -2.28. The second-order valence-electron chi connectivity index (χ2n) is 3.48. The van der Waals surface area contributed by atoms with Gasteiger partial charge in [0.15, 0.2) is 0 Å². The Kier molecular flexibility index (Phi) is 3.55. The molecule has 0 aliphatic carbocycles. The van der Waals surface area contributed by atoms with Crippen molar-refractivity contribution in [2.45, 2.75) is 39.3 Å². The van der Waals surface area contributed by atoms with Gasteiger partial charge in [-0.05, 0) is 20.3 Å². The highest BCUT2D eigenvalue weighted by molar-refractivity contribution is 5.26. The van der Waals surface area contributed by atoms with Gasteiger partial charge >= 0.3 is 0 Å². The summed E-state index contributed by atoms with van der Waals surface area (Å²) in [6.45, 7) is 5.66. The van der Waals surface area contributed by atoms with E-state index in [1.54, 1.807) is 0 Å². The highest BCUT2D eigenvalue weighted by Crippen LogP contribution is 2.21. The molecule has 78 valence electrons. The molecule has 14 heavy (non-hydrogen) atoms. The molecule has 4 heteroatoms. The van der Waals surface area contributed by atoms with E-state index in [4.69, 9.17) is 5.73 Å². The van der Waals surface area contributed by atoms with Crippen LogP contribution in [-0.2, 0) is 0 Å². The minimum absolute atomic E-state index is 0.251. The van der Waals surface area contributed by atoms with Crippen LogP contribution in [0.4, 0.5) is 0 Å². The van der Waals surface area contributed by atoms with Gasteiger partial charge in [-0.15, -0.1) is 0 Å². The van der Waals surface area contributed by atoms with E-state index in [1.165, 1.54) is 6.33 Å². The largest absolute Gasteiger partial charge is 0.387 e. The van der Waals surface area contributed by atoms with E-state index in [0.29, 0.717) is 0 Å². The first kappa shape index (κ1) is 11.1. The van der Waals surface area contributed by atoms with Gasteiger partial charge in [0.2, 0.25) is 0 Å². The van der Waals surface area contributed by atoms with E-state index >= 15 is 0 Å². The Hall–Kier alpha value is -1.00. The van der Waals surface area contributed by atoms with Gasteiger partial charge in [0.1, 0.15) is 6.33 Å². The maximum atomic E-state index is 9.95. The van der Waals surface area contributed by atoms with Crippen molar-refractivity contribution in [1.82, 2.24) is 9.97 Å². The molecule has 0 saturated heterocycles. The summed E-state index contributed by atoms with van der Waals surface area (Å²) in [6, 6.07) is -0.251. The second kappa shape index (κ2) is 4.48. The fourth-order valence-electron chi connectivity index (χ4n) is 1.47.